The molecule has 1 aromatic heterocycles. The number of pyridine rings is 1. The molecule has 1 amide bonds. The summed E-state index contributed by atoms with van der Waals surface area (Å²) in [5.41, 5.74) is 2.54. The van der Waals surface area contributed by atoms with Crippen LogP contribution in [0.3, 0.4) is 0 Å². The van der Waals surface area contributed by atoms with Crippen LogP contribution in [0, 0.1) is 0 Å². The van der Waals surface area contributed by atoms with Crippen LogP contribution in [-0.4, -0.2) is 10.9 Å². The predicted octanol–water partition coefficient (Wildman–Crippen LogP) is 6.81. The largest absolute Gasteiger partial charge is 0.489 e. The average Bonchev–Trinajstić information content (AvgIpc) is 2.83. The highest BCUT2D eigenvalue weighted by molar-refractivity contribution is 6.30. The molecule has 160 valence electrons. The molecule has 0 saturated heterocycles. The molecule has 0 N–H and O–H groups in total. The first-order valence-corrected chi connectivity index (χ1v) is 10.8. The van der Waals surface area contributed by atoms with Crippen molar-refractivity contribution in [3.8, 4) is 5.75 Å². The van der Waals surface area contributed by atoms with Crippen molar-refractivity contribution >= 4 is 34.9 Å². The summed E-state index contributed by atoms with van der Waals surface area (Å²) in [6.45, 7) is 0.821. The van der Waals surface area contributed by atoms with Crippen LogP contribution in [0.15, 0.2) is 97.2 Å². The van der Waals surface area contributed by atoms with E-state index in [1.807, 2.05) is 66.7 Å². The van der Waals surface area contributed by atoms with Crippen LogP contribution in [-0.2, 0) is 13.2 Å². The van der Waals surface area contributed by atoms with Gasteiger partial charge in [0, 0.05) is 21.8 Å². The van der Waals surface area contributed by atoms with Crippen LogP contribution >= 0.6 is 23.2 Å². The van der Waals surface area contributed by atoms with Gasteiger partial charge in [-0.3, -0.25) is 9.69 Å². The van der Waals surface area contributed by atoms with Gasteiger partial charge < -0.3 is 4.74 Å². The maximum atomic E-state index is 13.2. The Kier molecular flexibility index (Phi) is 7.05. The van der Waals surface area contributed by atoms with Gasteiger partial charge in [-0.1, -0.05) is 53.5 Å². The van der Waals surface area contributed by atoms with Crippen LogP contribution in [0.25, 0.3) is 0 Å². The maximum absolute atomic E-state index is 13.2. The fourth-order valence-corrected chi connectivity index (χ4v) is 3.39. The van der Waals surface area contributed by atoms with Gasteiger partial charge in [0.2, 0.25) is 0 Å². The molecule has 4 aromatic rings. The molecule has 0 fully saturated rings. The molecule has 1 heterocycles. The topological polar surface area (TPSA) is 42.4 Å². The van der Waals surface area contributed by atoms with Crippen molar-refractivity contribution < 1.29 is 9.53 Å². The monoisotopic (exact) mass is 462 g/mol. The van der Waals surface area contributed by atoms with Crippen molar-refractivity contribution in [2.75, 3.05) is 4.90 Å². The Morgan fingerprint density at radius 1 is 0.781 bits per heavy atom. The number of amides is 1. The number of hydrogen-bond acceptors (Lipinski definition) is 3. The van der Waals surface area contributed by atoms with Crippen LogP contribution in [0.1, 0.15) is 21.5 Å². The van der Waals surface area contributed by atoms with E-state index in [2.05, 4.69) is 4.98 Å². The number of rotatable bonds is 7. The SMILES string of the molecule is O=C(c1ccc(Cl)cc1)N(Cc1ccc(OCc2ccc(Cl)cc2)cc1)c1ccccn1. The highest BCUT2D eigenvalue weighted by atomic mass is 35.5. The van der Waals surface area contributed by atoms with E-state index in [4.69, 9.17) is 27.9 Å². The Hall–Kier alpha value is -3.34. The van der Waals surface area contributed by atoms with E-state index < -0.39 is 0 Å². The van der Waals surface area contributed by atoms with Crippen LogP contribution in [0.2, 0.25) is 10.0 Å². The summed E-state index contributed by atoms with van der Waals surface area (Å²) in [6.07, 6.45) is 1.67. The number of carbonyl (C=O) groups excluding carboxylic acids is 1. The number of nitrogens with zero attached hydrogens (tertiary/aromatic N) is 2. The van der Waals surface area contributed by atoms with Crippen molar-refractivity contribution in [2.45, 2.75) is 13.2 Å². The molecule has 0 radical (unpaired) electrons. The number of hydrogen-bond donors (Lipinski definition) is 0. The van der Waals surface area contributed by atoms with E-state index >= 15 is 0 Å². The zero-order valence-corrected chi connectivity index (χ0v) is 18.6. The van der Waals surface area contributed by atoms with Gasteiger partial charge >= 0.3 is 0 Å². The fourth-order valence-electron chi connectivity index (χ4n) is 3.14. The molecule has 32 heavy (non-hydrogen) atoms. The molecule has 3 aromatic carbocycles. The van der Waals surface area contributed by atoms with Gasteiger partial charge in [0.25, 0.3) is 5.91 Å². The lowest BCUT2D eigenvalue weighted by Gasteiger charge is -2.22. The predicted molar refractivity (Wildman–Crippen MR) is 128 cm³/mol. The summed E-state index contributed by atoms with van der Waals surface area (Å²) in [4.78, 5) is 19.2. The molecule has 4 nitrogen and oxygen atoms in total. The number of carbonyl (C=O) groups is 1. The maximum Gasteiger partial charge on any atom is 0.259 e. The number of aromatic nitrogens is 1. The molecule has 0 aliphatic rings. The zero-order valence-electron chi connectivity index (χ0n) is 17.1. The molecule has 0 aliphatic carbocycles. The van der Waals surface area contributed by atoms with Crippen molar-refractivity contribution in [3.05, 3.63) is 124 Å². The summed E-state index contributed by atoms with van der Waals surface area (Å²) in [5, 5.41) is 1.28. The molecule has 6 heteroatoms. The van der Waals surface area contributed by atoms with Crippen molar-refractivity contribution in [1.82, 2.24) is 4.98 Å². The van der Waals surface area contributed by atoms with E-state index in [0.29, 0.717) is 34.6 Å². The molecule has 0 aliphatic heterocycles. The first-order chi connectivity index (χ1) is 15.6. The molecule has 0 saturated carbocycles. The first-order valence-electron chi connectivity index (χ1n) is 10.0. The molecule has 0 atom stereocenters. The Labute approximate surface area is 197 Å². The Bertz CT molecular complexity index is 1160. The second-order valence-corrected chi connectivity index (χ2v) is 8.02. The summed E-state index contributed by atoms with van der Waals surface area (Å²) in [6, 6.07) is 27.6. The summed E-state index contributed by atoms with van der Waals surface area (Å²) >= 11 is 11.9. The molecule has 4 rings (SSSR count). The second-order valence-electron chi connectivity index (χ2n) is 7.15. The molecular formula is C26H20Cl2N2O2. The highest BCUT2D eigenvalue weighted by Gasteiger charge is 2.19. The molecular weight excluding hydrogens is 443 g/mol. The lowest BCUT2D eigenvalue weighted by molar-refractivity contribution is 0.0984. The third-order valence-corrected chi connectivity index (χ3v) is 5.35. The summed E-state index contributed by atoms with van der Waals surface area (Å²) in [7, 11) is 0. The van der Waals surface area contributed by atoms with E-state index in [1.54, 1.807) is 35.4 Å². The Morgan fingerprint density at radius 2 is 1.41 bits per heavy atom. The van der Waals surface area contributed by atoms with E-state index in [-0.39, 0.29) is 5.91 Å². The first kappa shape index (κ1) is 21.9. The van der Waals surface area contributed by atoms with Crippen LogP contribution in [0.4, 0.5) is 5.82 Å². The minimum absolute atomic E-state index is 0.150. The average molecular weight is 463 g/mol. The number of ether oxygens (including phenoxy) is 1. The van der Waals surface area contributed by atoms with Gasteiger partial charge in [0.1, 0.15) is 18.2 Å². The van der Waals surface area contributed by atoms with E-state index in [9.17, 15) is 4.79 Å². The smallest absolute Gasteiger partial charge is 0.259 e. The normalized spacial score (nSPS) is 10.6. The van der Waals surface area contributed by atoms with Crippen LogP contribution in [0.5, 0.6) is 5.75 Å². The van der Waals surface area contributed by atoms with Gasteiger partial charge in [0.05, 0.1) is 6.54 Å². The molecule has 0 bridgehead atoms. The summed E-state index contributed by atoms with van der Waals surface area (Å²) < 4.78 is 5.86. The quantitative estimate of drug-likeness (QED) is 0.302. The van der Waals surface area contributed by atoms with Crippen molar-refractivity contribution in [3.63, 3.8) is 0 Å². The van der Waals surface area contributed by atoms with E-state index in [1.165, 1.54) is 0 Å². The lowest BCUT2D eigenvalue weighted by atomic mass is 10.1. The minimum Gasteiger partial charge on any atom is -0.489 e. The Morgan fingerprint density at radius 3 is 2.03 bits per heavy atom. The van der Waals surface area contributed by atoms with E-state index in [0.717, 1.165) is 16.9 Å². The third kappa shape index (κ3) is 5.67. The Balaban J connectivity index is 1.48. The summed E-state index contributed by atoms with van der Waals surface area (Å²) in [5.74, 6) is 1.18. The second kappa shape index (κ2) is 10.3. The zero-order chi connectivity index (χ0) is 22.3. The highest BCUT2D eigenvalue weighted by Crippen LogP contribution is 2.21. The number of benzene rings is 3. The van der Waals surface area contributed by atoms with Gasteiger partial charge in [-0.05, 0) is 71.8 Å². The van der Waals surface area contributed by atoms with Gasteiger partial charge in [0.15, 0.2) is 0 Å². The van der Waals surface area contributed by atoms with Crippen LogP contribution < -0.4 is 9.64 Å². The minimum atomic E-state index is -0.150. The standard InChI is InChI=1S/C26H20Cl2N2O2/c27-22-10-4-20(5-11-22)18-32-24-14-6-19(7-15-24)17-30(25-3-1-2-16-29-25)26(31)21-8-12-23(28)13-9-21/h1-16H,17-18H2. The number of anilines is 1. The van der Waals surface area contributed by atoms with Gasteiger partial charge in [-0.2, -0.15) is 0 Å². The van der Waals surface area contributed by atoms with Crippen molar-refractivity contribution in [1.29, 1.82) is 0 Å². The fraction of sp³-hybridized carbons (Fsp3) is 0.0769. The molecule has 0 unspecified atom stereocenters. The third-order valence-electron chi connectivity index (χ3n) is 4.84. The number of halogens is 2. The van der Waals surface area contributed by atoms with Gasteiger partial charge in [-0.15, -0.1) is 0 Å². The van der Waals surface area contributed by atoms with Crippen molar-refractivity contribution in [2.24, 2.45) is 0 Å². The molecule has 0 spiro atoms. The lowest BCUT2D eigenvalue weighted by Crippen LogP contribution is -2.31. The van der Waals surface area contributed by atoms with Gasteiger partial charge in [-0.25, -0.2) is 4.98 Å².